The van der Waals surface area contributed by atoms with Crippen molar-refractivity contribution < 1.29 is 14.3 Å². The standard InChI is InChI=1S/C28H29N3O3S/c1-3-18-10-5-7-12-21(18)30-25(33)17-35-28-20(16-29)26(19-11-6-8-15-24(19)34-4-2)27-22(31-28)13-9-14-23(27)32/h5-8,10-12,15,26,31H,3-4,9,13-14,17H2,1-2H3,(H,30,33)/t26-/m0/s1. The van der Waals surface area contributed by atoms with Gasteiger partial charge in [0.2, 0.25) is 5.91 Å². The average Bonchev–Trinajstić information content (AvgIpc) is 2.87. The van der Waals surface area contributed by atoms with Crippen LogP contribution < -0.4 is 15.4 Å². The Bertz CT molecular complexity index is 1240. The first-order chi connectivity index (χ1) is 17.1. The SMILES string of the molecule is CCOc1ccccc1[C@H]1C(C#N)=C(SCC(=O)Nc2ccccc2CC)NC2=C1C(=O)CCC2. The number of hydrogen-bond donors (Lipinski definition) is 2. The summed E-state index contributed by atoms with van der Waals surface area (Å²) in [7, 11) is 0. The Kier molecular flexibility index (Phi) is 7.94. The van der Waals surface area contributed by atoms with Crippen LogP contribution in [0, 0.1) is 11.3 Å². The van der Waals surface area contributed by atoms with Crippen LogP contribution in [0.5, 0.6) is 5.75 Å². The number of ether oxygens (including phenoxy) is 1. The Morgan fingerprint density at radius 3 is 2.71 bits per heavy atom. The minimum atomic E-state index is -0.516. The van der Waals surface area contributed by atoms with Crippen molar-refractivity contribution in [2.75, 3.05) is 17.7 Å². The summed E-state index contributed by atoms with van der Waals surface area (Å²) in [5.41, 5.74) is 4.61. The van der Waals surface area contributed by atoms with E-state index in [1.807, 2.05) is 62.4 Å². The van der Waals surface area contributed by atoms with Gasteiger partial charge >= 0.3 is 0 Å². The zero-order chi connectivity index (χ0) is 24.8. The molecule has 0 bridgehead atoms. The molecule has 2 aliphatic rings. The Balaban J connectivity index is 1.65. The van der Waals surface area contributed by atoms with E-state index in [1.54, 1.807) is 0 Å². The Labute approximate surface area is 210 Å². The minimum Gasteiger partial charge on any atom is -0.494 e. The van der Waals surface area contributed by atoms with Crippen molar-refractivity contribution in [3.63, 3.8) is 0 Å². The second kappa shape index (κ2) is 11.3. The molecular formula is C28H29N3O3S. The number of dihydropyridines is 1. The number of Topliss-reactive ketones (excluding diaryl/α,β-unsaturated/α-hetero) is 1. The highest BCUT2D eigenvalue weighted by Crippen LogP contribution is 2.46. The van der Waals surface area contributed by atoms with Gasteiger partial charge in [-0.05, 0) is 43.9 Å². The number of benzene rings is 2. The van der Waals surface area contributed by atoms with Gasteiger partial charge in [-0.2, -0.15) is 5.26 Å². The number of amides is 1. The number of hydrogen-bond acceptors (Lipinski definition) is 6. The van der Waals surface area contributed by atoms with Gasteiger partial charge in [0.25, 0.3) is 0 Å². The molecule has 35 heavy (non-hydrogen) atoms. The highest BCUT2D eigenvalue weighted by atomic mass is 32.2. The van der Waals surface area contributed by atoms with Gasteiger partial charge in [0, 0.05) is 28.9 Å². The smallest absolute Gasteiger partial charge is 0.234 e. The third-order valence-electron chi connectivity index (χ3n) is 6.21. The first-order valence-electron chi connectivity index (χ1n) is 12.0. The minimum absolute atomic E-state index is 0.0563. The third-order valence-corrected chi connectivity index (χ3v) is 7.23. The molecule has 2 aromatic carbocycles. The van der Waals surface area contributed by atoms with Crippen LogP contribution >= 0.6 is 11.8 Å². The first-order valence-corrected chi connectivity index (χ1v) is 13.0. The molecule has 1 amide bonds. The monoisotopic (exact) mass is 487 g/mol. The van der Waals surface area contributed by atoms with Crippen molar-refractivity contribution in [3.05, 3.63) is 81.5 Å². The Hall–Kier alpha value is -3.50. The van der Waals surface area contributed by atoms with Crippen LogP contribution in [-0.2, 0) is 16.0 Å². The predicted molar refractivity (Wildman–Crippen MR) is 139 cm³/mol. The van der Waals surface area contributed by atoms with E-state index in [4.69, 9.17) is 4.74 Å². The lowest BCUT2D eigenvalue weighted by Crippen LogP contribution is -2.32. The molecule has 0 radical (unpaired) electrons. The summed E-state index contributed by atoms with van der Waals surface area (Å²) in [6.45, 7) is 4.44. The van der Waals surface area contributed by atoms with Crippen molar-refractivity contribution in [1.82, 2.24) is 5.32 Å². The highest BCUT2D eigenvalue weighted by molar-refractivity contribution is 8.03. The average molecular weight is 488 g/mol. The maximum absolute atomic E-state index is 13.0. The summed E-state index contributed by atoms with van der Waals surface area (Å²) in [6.07, 6.45) is 2.78. The molecule has 180 valence electrons. The second-order valence-corrected chi connectivity index (χ2v) is 9.39. The van der Waals surface area contributed by atoms with Crippen LogP contribution in [0.25, 0.3) is 0 Å². The van der Waals surface area contributed by atoms with Crippen LogP contribution in [0.1, 0.15) is 50.2 Å². The topological polar surface area (TPSA) is 91.2 Å². The zero-order valence-corrected chi connectivity index (χ0v) is 20.8. The van der Waals surface area contributed by atoms with Gasteiger partial charge in [0.15, 0.2) is 5.78 Å². The van der Waals surface area contributed by atoms with Gasteiger partial charge in [-0.15, -0.1) is 0 Å². The lowest BCUT2D eigenvalue weighted by atomic mass is 9.76. The number of anilines is 1. The molecule has 1 aliphatic carbocycles. The van der Waals surface area contributed by atoms with Crippen molar-refractivity contribution in [2.24, 2.45) is 0 Å². The summed E-state index contributed by atoms with van der Waals surface area (Å²) < 4.78 is 5.86. The fraction of sp³-hybridized carbons (Fsp3) is 0.321. The molecule has 7 heteroatoms. The number of thioether (sulfide) groups is 1. The molecule has 2 N–H and O–H groups in total. The van der Waals surface area contributed by atoms with E-state index >= 15 is 0 Å². The number of nitrogens with zero attached hydrogens (tertiary/aromatic N) is 1. The van der Waals surface area contributed by atoms with E-state index in [2.05, 4.69) is 16.7 Å². The second-order valence-electron chi connectivity index (χ2n) is 8.40. The van der Waals surface area contributed by atoms with Crippen LogP contribution in [0.2, 0.25) is 0 Å². The zero-order valence-electron chi connectivity index (χ0n) is 20.0. The van der Waals surface area contributed by atoms with E-state index in [-0.39, 0.29) is 17.4 Å². The molecule has 0 fully saturated rings. The molecule has 1 atom stereocenters. The van der Waals surface area contributed by atoms with E-state index in [1.165, 1.54) is 11.8 Å². The molecule has 0 saturated heterocycles. The molecule has 0 spiro atoms. The molecule has 1 aliphatic heterocycles. The van der Waals surface area contributed by atoms with Crippen molar-refractivity contribution in [2.45, 2.75) is 45.4 Å². The number of nitriles is 1. The molecule has 4 rings (SSSR count). The quantitative estimate of drug-likeness (QED) is 0.515. The number of allylic oxidation sites excluding steroid dienone is 3. The third kappa shape index (κ3) is 5.28. The van der Waals surface area contributed by atoms with E-state index in [9.17, 15) is 14.9 Å². The first kappa shape index (κ1) is 24.6. The summed E-state index contributed by atoms with van der Waals surface area (Å²) in [6, 6.07) is 17.7. The van der Waals surface area contributed by atoms with E-state index < -0.39 is 5.92 Å². The lowest BCUT2D eigenvalue weighted by molar-refractivity contribution is -0.116. The summed E-state index contributed by atoms with van der Waals surface area (Å²) >= 11 is 1.29. The molecule has 0 unspecified atom stereocenters. The largest absolute Gasteiger partial charge is 0.494 e. The number of nitrogens with one attached hydrogen (secondary N) is 2. The molecule has 0 saturated carbocycles. The van der Waals surface area contributed by atoms with Crippen molar-refractivity contribution >= 4 is 29.1 Å². The molecule has 0 aromatic heterocycles. The van der Waals surface area contributed by atoms with Gasteiger partial charge in [0.05, 0.1) is 34.9 Å². The van der Waals surface area contributed by atoms with Crippen LogP contribution in [0.15, 0.2) is 70.4 Å². The number of carbonyl (C=O) groups is 2. The summed E-state index contributed by atoms with van der Waals surface area (Å²) in [5.74, 6) is 0.201. The number of carbonyl (C=O) groups excluding carboxylic acids is 2. The normalized spacial score (nSPS) is 17.4. The number of aryl methyl sites for hydroxylation is 1. The number of rotatable bonds is 8. The predicted octanol–water partition coefficient (Wildman–Crippen LogP) is 5.45. The molecular weight excluding hydrogens is 458 g/mol. The summed E-state index contributed by atoms with van der Waals surface area (Å²) in [5, 5.41) is 17.2. The van der Waals surface area contributed by atoms with Gasteiger partial charge in [-0.3, -0.25) is 9.59 Å². The van der Waals surface area contributed by atoms with E-state index in [0.29, 0.717) is 35.0 Å². The van der Waals surface area contributed by atoms with Crippen LogP contribution in [0.4, 0.5) is 5.69 Å². The lowest BCUT2D eigenvalue weighted by Gasteiger charge is -2.33. The number of ketones is 1. The Morgan fingerprint density at radius 1 is 1.17 bits per heavy atom. The maximum Gasteiger partial charge on any atom is 0.234 e. The molecule has 1 heterocycles. The summed E-state index contributed by atoms with van der Waals surface area (Å²) in [4.78, 5) is 25.8. The fourth-order valence-corrected chi connectivity index (χ4v) is 5.49. The van der Waals surface area contributed by atoms with Crippen LogP contribution in [-0.4, -0.2) is 24.1 Å². The van der Waals surface area contributed by atoms with Gasteiger partial charge < -0.3 is 15.4 Å². The number of para-hydroxylation sites is 2. The van der Waals surface area contributed by atoms with E-state index in [0.717, 1.165) is 41.8 Å². The fourth-order valence-electron chi connectivity index (χ4n) is 4.63. The molecule has 2 aromatic rings. The Morgan fingerprint density at radius 2 is 1.94 bits per heavy atom. The maximum atomic E-state index is 13.0. The van der Waals surface area contributed by atoms with Gasteiger partial charge in [-0.1, -0.05) is 55.1 Å². The highest BCUT2D eigenvalue weighted by Gasteiger charge is 2.38. The van der Waals surface area contributed by atoms with Crippen molar-refractivity contribution in [1.29, 1.82) is 5.26 Å². The molecule has 6 nitrogen and oxygen atoms in total. The van der Waals surface area contributed by atoms with Gasteiger partial charge in [0.1, 0.15) is 5.75 Å². The van der Waals surface area contributed by atoms with Crippen LogP contribution in [0.3, 0.4) is 0 Å². The van der Waals surface area contributed by atoms with Gasteiger partial charge in [-0.25, -0.2) is 0 Å². The van der Waals surface area contributed by atoms with Crippen molar-refractivity contribution in [3.8, 4) is 11.8 Å².